The van der Waals surface area contributed by atoms with Gasteiger partial charge in [0, 0.05) is 51.9 Å². The zero-order valence-electron chi connectivity index (χ0n) is 13.6. The fourth-order valence-corrected chi connectivity index (χ4v) is 4.25. The Labute approximate surface area is 146 Å². The van der Waals surface area contributed by atoms with Crippen molar-refractivity contribution >= 4 is 23.2 Å². The summed E-state index contributed by atoms with van der Waals surface area (Å²) in [6.45, 7) is 8.33. The lowest BCUT2D eigenvalue weighted by Crippen LogP contribution is -2.57. The molecule has 1 aromatic heterocycles. The van der Waals surface area contributed by atoms with Gasteiger partial charge in [0.15, 0.2) is 0 Å². The molecule has 2 aliphatic rings. The van der Waals surface area contributed by atoms with E-state index in [2.05, 4.69) is 16.4 Å². The fourth-order valence-electron chi connectivity index (χ4n) is 3.56. The summed E-state index contributed by atoms with van der Waals surface area (Å²) in [5.41, 5.74) is 0. The van der Waals surface area contributed by atoms with Crippen LogP contribution in [0.3, 0.4) is 0 Å². The first-order valence-electron chi connectivity index (χ1n) is 8.21. The van der Waals surface area contributed by atoms with Crippen molar-refractivity contribution in [2.75, 3.05) is 45.8 Å². The number of piperazine rings is 1. The number of fused-ring (bicyclic) bond motifs is 1. The third kappa shape index (κ3) is 3.68. The second-order valence-electron chi connectivity index (χ2n) is 6.42. The molecule has 0 bridgehead atoms. The summed E-state index contributed by atoms with van der Waals surface area (Å²) in [4.78, 5) is 31.2. The van der Waals surface area contributed by atoms with Crippen LogP contribution in [-0.4, -0.2) is 83.5 Å². The van der Waals surface area contributed by atoms with Crippen molar-refractivity contribution < 1.29 is 14.7 Å². The van der Waals surface area contributed by atoms with Gasteiger partial charge in [-0.25, -0.2) is 0 Å². The van der Waals surface area contributed by atoms with E-state index in [0.717, 1.165) is 18.0 Å². The predicted molar refractivity (Wildman–Crippen MR) is 93.3 cm³/mol. The Morgan fingerprint density at radius 3 is 2.79 bits per heavy atom. The summed E-state index contributed by atoms with van der Waals surface area (Å²) < 4.78 is 0. The lowest BCUT2D eigenvalue weighted by atomic mass is 10.1. The van der Waals surface area contributed by atoms with Gasteiger partial charge in [-0.1, -0.05) is 12.1 Å². The predicted octanol–water partition coefficient (Wildman–Crippen LogP) is 1.08. The first-order valence-corrected chi connectivity index (χ1v) is 9.09. The van der Waals surface area contributed by atoms with Crippen molar-refractivity contribution in [2.24, 2.45) is 5.92 Å². The van der Waals surface area contributed by atoms with Crippen LogP contribution in [0.2, 0.25) is 0 Å². The minimum Gasteiger partial charge on any atom is -0.481 e. The lowest BCUT2D eigenvalue weighted by Gasteiger charge is -2.41. The molecule has 2 unspecified atom stereocenters. The average molecular weight is 349 g/mol. The third-order valence-corrected chi connectivity index (χ3v) is 5.62. The Bertz CT molecular complexity index is 604. The lowest BCUT2D eigenvalue weighted by molar-refractivity contribution is -0.142. The molecular formula is C17H23N3O3S. The van der Waals surface area contributed by atoms with Crippen LogP contribution in [0.25, 0.3) is 0 Å². The standard InChI is InChI=1S/C17H23N3O3S/c1-2-5-18-9-13(17(22)23)10-19-6-7-20(12-14(19)11-18)16(21)15-4-3-8-24-15/h2-4,8,13-14H,1,5-7,9-12H2,(H,22,23). The highest BCUT2D eigenvalue weighted by Crippen LogP contribution is 2.21. The van der Waals surface area contributed by atoms with E-state index in [-0.39, 0.29) is 11.9 Å². The number of carbonyl (C=O) groups is 2. The maximum atomic E-state index is 12.6. The summed E-state index contributed by atoms with van der Waals surface area (Å²) in [7, 11) is 0. The zero-order chi connectivity index (χ0) is 17.1. The second-order valence-corrected chi connectivity index (χ2v) is 7.37. The Morgan fingerprint density at radius 2 is 2.12 bits per heavy atom. The molecule has 6 nitrogen and oxygen atoms in total. The molecule has 0 radical (unpaired) electrons. The summed E-state index contributed by atoms with van der Waals surface area (Å²) in [5.74, 6) is -1.06. The number of hydrogen-bond acceptors (Lipinski definition) is 5. The van der Waals surface area contributed by atoms with E-state index >= 15 is 0 Å². The number of thiophene rings is 1. The largest absolute Gasteiger partial charge is 0.481 e. The Balaban J connectivity index is 1.72. The first-order chi connectivity index (χ1) is 11.6. The molecule has 130 valence electrons. The maximum Gasteiger partial charge on any atom is 0.309 e. The second kappa shape index (κ2) is 7.46. The molecule has 2 aliphatic heterocycles. The molecule has 1 amide bonds. The molecule has 1 N–H and O–H groups in total. The van der Waals surface area contributed by atoms with Crippen molar-refractivity contribution in [3.63, 3.8) is 0 Å². The van der Waals surface area contributed by atoms with Gasteiger partial charge in [0.05, 0.1) is 10.8 Å². The Kier molecular flexibility index (Phi) is 5.33. The van der Waals surface area contributed by atoms with Gasteiger partial charge in [-0.15, -0.1) is 17.9 Å². The highest BCUT2D eigenvalue weighted by molar-refractivity contribution is 7.12. The van der Waals surface area contributed by atoms with Crippen LogP contribution in [0.15, 0.2) is 30.2 Å². The molecule has 24 heavy (non-hydrogen) atoms. The van der Waals surface area contributed by atoms with Crippen LogP contribution < -0.4 is 0 Å². The van der Waals surface area contributed by atoms with E-state index in [0.29, 0.717) is 32.7 Å². The molecule has 2 saturated heterocycles. The molecule has 7 heteroatoms. The average Bonchev–Trinajstić information content (AvgIpc) is 3.02. The van der Waals surface area contributed by atoms with Crippen molar-refractivity contribution in [1.82, 2.24) is 14.7 Å². The highest BCUT2D eigenvalue weighted by Gasteiger charge is 2.37. The van der Waals surface area contributed by atoms with Crippen LogP contribution in [0.4, 0.5) is 0 Å². The van der Waals surface area contributed by atoms with Crippen molar-refractivity contribution in [1.29, 1.82) is 0 Å². The Morgan fingerprint density at radius 1 is 1.29 bits per heavy atom. The van der Waals surface area contributed by atoms with Crippen molar-refractivity contribution in [3.8, 4) is 0 Å². The summed E-state index contributed by atoms with van der Waals surface area (Å²) in [6.07, 6.45) is 1.81. The van der Waals surface area contributed by atoms with E-state index in [1.54, 1.807) is 0 Å². The van der Waals surface area contributed by atoms with E-state index < -0.39 is 11.9 Å². The fraction of sp³-hybridized carbons (Fsp3) is 0.529. The third-order valence-electron chi connectivity index (χ3n) is 4.76. The summed E-state index contributed by atoms with van der Waals surface area (Å²) in [6, 6.07) is 3.92. The van der Waals surface area contributed by atoms with Gasteiger partial charge in [-0.3, -0.25) is 19.4 Å². The van der Waals surface area contributed by atoms with Crippen LogP contribution in [0, 0.1) is 5.92 Å². The van der Waals surface area contributed by atoms with Gasteiger partial charge in [0.25, 0.3) is 5.91 Å². The van der Waals surface area contributed by atoms with E-state index in [1.165, 1.54) is 11.3 Å². The number of rotatable bonds is 4. The normalized spacial score (nSPS) is 25.8. The van der Waals surface area contributed by atoms with Gasteiger partial charge >= 0.3 is 5.97 Å². The number of carboxylic acids is 1. The molecule has 0 saturated carbocycles. The van der Waals surface area contributed by atoms with Gasteiger partial charge in [-0.2, -0.15) is 0 Å². The number of carbonyl (C=O) groups excluding carboxylic acids is 1. The molecule has 0 aromatic carbocycles. The van der Waals surface area contributed by atoms with Gasteiger partial charge in [-0.05, 0) is 11.4 Å². The number of aliphatic carboxylic acids is 1. The van der Waals surface area contributed by atoms with E-state index in [9.17, 15) is 14.7 Å². The topological polar surface area (TPSA) is 64.1 Å². The SMILES string of the molecule is C=CCN1CC(C(=O)O)CN2CCN(C(=O)c3cccs3)CC2C1. The smallest absolute Gasteiger partial charge is 0.309 e. The van der Waals surface area contributed by atoms with Gasteiger partial charge in [0.1, 0.15) is 0 Å². The number of amides is 1. The minimum atomic E-state index is -0.748. The number of nitrogens with zero attached hydrogens (tertiary/aromatic N) is 3. The van der Waals surface area contributed by atoms with Gasteiger partial charge in [0.2, 0.25) is 0 Å². The molecule has 1 aromatic rings. The number of carboxylic acid groups (broad SMARTS) is 1. The zero-order valence-corrected chi connectivity index (χ0v) is 14.5. The van der Waals surface area contributed by atoms with Crippen LogP contribution >= 0.6 is 11.3 Å². The monoisotopic (exact) mass is 349 g/mol. The van der Waals surface area contributed by atoms with Crippen LogP contribution in [0.5, 0.6) is 0 Å². The van der Waals surface area contributed by atoms with Gasteiger partial charge < -0.3 is 10.0 Å². The van der Waals surface area contributed by atoms with Crippen molar-refractivity contribution in [3.05, 3.63) is 35.0 Å². The Hall–Kier alpha value is -1.70. The molecule has 0 aliphatic carbocycles. The van der Waals surface area contributed by atoms with Crippen LogP contribution in [0.1, 0.15) is 9.67 Å². The quantitative estimate of drug-likeness (QED) is 0.824. The van der Waals surface area contributed by atoms with E-state index in [1.807, 2.05) is 28.5 Å². The highest BCUT2D eigenvalue weighted by atomic mass is 32.1. The van der Waals surface area contributed by atoms with E-state index in [4.69, 9.17) is 0 Å². The maximum absolute atomic E-state index is 12.6. The molecule has 3 rings (SSSR count). The molecule has 2 fully saturated rings. The molecular weight excluding hydrogens is 326 g/mol. The summed E-state index contributed by atoms with van der Waals surface area (Å²) in [5, 5.41) is 11.4. The molecule has 0 spiro atoms. The summed E-state index contributed by atoms with van der Waals surface area (Å²) >= 11 is 1.46. The van der Waals surface area contributed by atoms with Crippen molar-refractivity contribution in [2.45, 2.75) is 6.04 Å². The number of hydrogen-bond donors (Lipinski definition) is 1. The van der Waals surface area contributed by atoms with Crippen LogP contribution in [-0.2, 0) is 4.79 Å². The first kappa shape index (κ1) is 17.1. The minimum absolute atomic E-state index is 0.0824. The molecule has 2 atom stereocenters. The molecule has 3 heterocycles.